The quantitative estimate of drug-likeness (QED) is 0.700. The third-order valence-electron chi connectivity index (χ3n) is 5.82. The molecule has 3 nitrogen and oxygen atoms in total. The van der Waals surface area contributed by atoms with Crippen molar-refractivity contribution in [2.75, 3.05) is 5.32 Å². The van der Waals surface area contributed by atoms with Crippen molar-refractivity contribution < 1.29 is 9.90 Å². The first-order valence-corrected chi connectivity index (χ1v) is 8.99. The molecule has 0 amide bonds. The van der Waals surface area contributed by atoms with E-state index in [0.29, 0.717) is 11.5 Å². The van der Waals surface area contributed by atoms with Crippen LogP contribution in [0, 0.1) is 5.92 Å². The molecule has 5 rings (SSSR count). The molecule has 1 heterocycles. The third kappa shape index (κ3) is 2.17. The second kappa shape index (κ2) is 5.73. The maximum atomic E-state index is 11.8. The highest BCUT2D eigenvalue weighted by Crippen LogP contribution is 2.54. The molecule has 2 aliphatic rings. The monoisotopic (exact) mass is 341 g/mol. The number of anilines is 1. The van der Waals surface area contributed by atoms with Crippen LogP contribution in [0.15, 0.2) is 72.8 Å². The highest BCUT2D eigenvalue weighted by atomic mass is 16.4. The van der Waals surface area contributed by atoms with E-state index in [2.05, 4.69) is 47.8 Å². The van der Waals surface area contributed by atoms with Crippen LogP contribution in [0.4, 0.5) is 5.69 Å². The number of hydrogen-bond donors (Lipinski definition) is 2. The highest BCUT2D eigenvalue weighted by molar-refractivity contribution is 5.96. The lowest BCUT2D eigenvalue weighted by Gasteiger charge is -2.38. The number of hydrogen-bond acceptors (Lipinski definition) is 2. The fraction of sp³-hybridized carbons (Fsp3) is 0.174. The van der Waals surface area contributed by atoms with Gasteiger partial charge in [0.1, 0.15) is 0 Å². The summed E-state index contributed by atoms with van der Waals surface area (Å²) in [6, 6.07) is 24.7. The lowest BCUT2D eigenvalue weighted by atomic mass is 9.75. The summed E-state index contributed by atoms with van der Waals surface area (Å²) in [4.78, 5) is 11.8. The summed E-state index contributed by atoms with van der Waals surface area (Å²) in [6.45, 7) is 0. The summed E-state index contributed by atoms with van der Waals surface area (Å²) >= 11 is 0. The van der Waals surface area contributed by atoms with E-state index < -0.39 is 5.97 Å². The predicted octanol–water partition coefficient (Wildman–Crippen LogP) is 4.86. The van der Waals surface area contributed by atoms with Gasteiger partial charge < -0.3 is 10.4 Å². The zero-order chi connectivity index (χ0) is 17.7. The van der Waals surface area contributed by atoms with Crippen molar-refractivity contribution in [2.24, 2.45) is 5.92 Å². The second-order valence-corrected chi connectivity index (χ2v) is 7.15. The van der Waals surface area contributed by atoms with E-state index >= 15 is 0 Å². The van der Waals surface area contributed by atoms with Crippen molar-refractivity contribution in [3.05, 3.63) is 101 Å². The van der Waals surface area contributed by atoms with Crippen molar-refractivity contribution in [1.82, 2.24) is 0 Å². The van der Waals surface area contributed by atoms with Gasteiger partial charge >= 0.3 is 5.97 Å². The molecule has 1 aliphatic carbocycles. The van der Waals surface area contributed by atoms with Gasteiger partial charge in [0.05, 0.1) is 17.3 Å². The molecule has 3 heteroatoms. The molecule has 2 N–H and O–H groups in total. The predicted molar refractivity (Wildman–Crippen MR) is 102 cm³/mol. The van der Waals surface area contributed by atoms with E-state index in [9.17, 15) is 9.90 Å². The van der Waals surface area contributed by atoms with E-state index in [0.717, 1.165) is 17.7 Å². The Bertz CT molecular complexity index is 996. The van der Waals surface area contributed by atoms with Crippen LogP contribution in [-0.2, 0) is 6.42 Å². The van der Waals surface area contributed by atoms with Crippen molar-refractivity contribution >= 4 is 11.7 Å². The molecule has 0 aromatic heterocycles. The number of carboxylic acids is 1. The number of rotatable bonds is 2. The Balaban J connectivity index is 1.74. The van der Waals surface area contributed by atoms with E-state index in [-0.39, 0.29) is 12.0 Å². The lowest BCUT2D eigenvalue weighted by Crippen LogP contribution is -2.31. The summed E-state index contributed by atoms with van der Waals surface area (Å²) < 4.78 is 0. The Hall–Kier alpha value is -3.07. The molecule has 26 heavy (non-hydrogen) atoms. The second-order valence-electron chi connectivity index (χ2n) is 7.15. The van der Waals surface area contributed by atoms with Crippen LogP contribution in [0.3, 0.4) is 0 Å². The molecule has 3 aromatic carbocycles. The molecule has 0 bridgehead atoms. The normalized spacial score (nSPS) is 22.7. The van der Waals surface area contributed by atoms with E-state index in [4.69, 9.17) is 0 Å². The summed E-state index contributed by atoms with van der Waals surface area (Å²) in [5.41, 5.74) is 6.15. The number of carbonyl (C=O) groups is 1. The first kappa shape index (κ1) is 15.2. The van der Waals surface area contributed by atoms with Crippen LogP contribution in [0.25, 0.3) is 0 Å². The molecule has 0 saturated heterocycles. The molecular weight excluding hydrogens is 322 g/mol. The van der Waals surface area contributed by atoms with Crippen LogP contribution >= 0.6 is 0 Å². The Morgan fingerprint density at radius 2 is 1.62 bits per heavy atom. The Morgan fingerprint density at radius 3 is 2.42 bits per heavy atom. The number of aromatic carboxylic acids is 1. The minimum absolute atomic E-state index is 0.0987. The van der Waals surface area contributed by atoms with Gasteiger partial charge in [0.2, 0.25) is 0 Å². The molecule has 1 aliphatic heterocycles. The molecule has 0 radical (unpaired) electrons. The third-order valence-corrected chi connectivity index (χ3v) is 5.82. The van der Waals surface area contributed by atoms with Gasteiger partial charge in [-0.3, -0.25) is 0 Å². The number of para-hydroxylation sites is 1. The summed E-state index contributed by atoms with van der Waals surface area (Å²) in [7, 11) is 0. The van der Waals surface area contributed by atoms with Crippen LogP contribution in [0.1, 0.15) is 44.6 Å². The zero-order valence-corrected chi connectivity index (χ0v) is 14.2. The minimum atomic E-state index is -0.883. The fourth-order valence-corrected chi connectivity index (χ4v) is 4.76. The standard InChI is InChI=1S/C23H19NO2/c25-23(26)18-12-6-11-17-20-16-10-5-4-9-15(16)13-19(20)21(24-22(17)18)14-7-2-1-3-8-14/h1-12,19-21,24H,13H2,(H,25,26)/t19-,20-,21+/m0/s1. The average Bonchev–Trinajstić information content (AvgIpc) is 3.07. The molecule has 0 spiro atoms. The Kier molecular flexibility index (Phi) is 3.35. The van der Waals surface area contributed by atoms with Gasteiger partial charge in [-0.05, 0) is 40.7 Å². The first-order chi connectivity index (χ1) is 12.7. The molecule has 3 atom stereocenters. The topological polar surface area (TPSA) is 49.3 Å². The van der Waals surface area contributed by atoms with Crippen LogP contribution in [0.5, 0.6) is 0 Å². The van der Waals surface area contributed by atoms with Gasteiger partial charge in [0, 0.05) is 5.92 Å². The van der Waals surface area contributed by atoms with Gasteiger partial charge in [-0.15, -0.1) is 0 Å². The maximum absolute atomic E-state index is 11.8. The van der Waals surface area contributed by atoms with Gasteiger partial charge in [-0.2, -0.15) is 0 Å². The van der Waals surface area contributed by atoms with Crippen molar-refractivity contribution in [3.8, 4) is 0 Å². The van der Waals surface area contributed by atoms with Crippen LogP contribution in [0.2, 0.25) is 0 Å². The molecule has 128 valence electrons. The molecule has 0 fully saturated rings. The van der Waals surface area contributed by atoms with Gasteiger partial charge in [0.15, 0.2) is 0 Å². The van der Waals surface area contributed by atoms with E-state index in [1.807, 2.05) is 24.3 Å². The molecular formula is C23H19NO2. The number of carboxylic acid groups (broad SMARTS) is 1. The van der Waals surface area contributed by atoms with Gasteiger partial charge in [-0.1, -0.05) is 66.7 Å². The number of benzene rings is 3. The molecule has 0 unspecified atom stereocenters. The van der Waals surface area contributed by atoms with Crippen LogP contribution < -0.4 is 5.32 Å². The number of fused-ring (bicyclic) bond motifs is 5. The summed E-state index contributed by atoms with van der Waals surface area (Å²) in [6.07, 6.45) is 1.00. The van der Waals surface area contributed by atoms with E-state index in [1.165, 1.54) is 16.7 Å². The molecule has 3 aromatic rings. The SMILES string of the molecule is O=C(O)c1cccc2c1N[C@H](c1ccccc1)[C@H]1Cc3ccccc3[C@@H]21. The van der Waals surface area contributed by atoms with Crippen molar-refractivity contribution in [1.29, 1.82) is 0 Å². The van der Waals surface area contributed by atoms with Crippen molar-refractivity contribution in [2.45, 2.75) is 18.4 Å². The van der Waals surface area contributed by atoms with E-state index in [1.54, 1.807) is 6.07 Å². The smallest absolute Gasteiger partial charge is 0.337 e. The van der Waals surface area contributed by atoms with Gasteiger partial charge in [-0.25, -0.2) is 4.79 Å². The zero-order valence-electron chi connectivity index (χ0n) is 14.2. The van der Waals surface area contributed by atoms with Crippen LogP contribution in [-0.4, -0.2) is 11.1 Å². The minimum Gasteiger partial charge on any atom is -0.478 e. The maximum Gasteiger partial charge on any atom is 0.337 e. The number of nitrogens with one attached hydrogen (secondary N) is 1. The van der Waals surface area contributed by atoms with Crippen molar-refractivity contribution in [3.63, 3.8) is 0 Å². The lowest BCUT2D eigenvalue weighted by molar-refractivity contribution is 0.0697. The van der Waals surface area contributed by atoms with Gasteiger partial charge in [0.25, 0.3) is 0 Å². The molecule has 0 saturated carbocycles. The largest absolute Gasteiger partial charge is 0.478 e. The highest BCUT2D eigenvalue weighted by Gasteiger charge is 2.44. The summed E-state index contributed by atoms with van der Waals surface area (Å²) in [5.74, 6) is -0.274. The fourth-order valence-electron chi connectivity index (χ4n) is 4.76. The first-order valence-electron chi connectivity index (χ1n) is 8.99. The Labute approximate surface area is 152 Å². The average molecular weight is 341 g/mol. The summed E-state index contributed by atoms with van der Waals surface area (Å²) in [5, 5.41) is 13.3. The Morgan fingerprint density at radius 1 is 0.885 bits per heavy atom.